The first-order valence-corrected chi connectivity index (χ1v) is 12.6. The Balaban J connectivity index is 2.03. The first-order chi connectivity index (χ1) is 17.0. The zero-order valence-electron chi connectivity index (χ0n) is 21.7. The van der Waals surface area contributed by atoms with Crippen LogP contribution in [0.4, 0.5) is 0 Å². The van der Waals surface area contributed by atoms with Crippen molar-refractivity contribution in [3.63, 3.8) is 0 Å². The number of aromatic hydroxyl groups is 1. The average molecular weight is 533 g/mol. The predicted octanol–water partition coefficient (Wildman–Crippen LogP) is 2.56. The van der Waals surface area contributed by atoms with E-state index in [1.54, 1.807) is 21.0 Å². The summed E-state index contributed by atoms with van der Waals surface area (Å²) in [5.41, 5.74) is 3.01. The molecule has 0 saturated heterocycles. The normalized spacial score (nSPS) is 28.7. The lowest BCUT2D eigenvalue weighted by molar-refractivity contribution is -0.153. The van der Waals surface area contributed by atoms with Crippen molar-refractivity contribution in [3.8, 4) is 5.75 Å². The molecule has 1 aromatic carbocycles. The minimum atomic E-state index is -2.66. The number of hydrogen-bond donors (Lipinski definition) is 5. The van der Waals surface area contributed by atoms with Gasteiger partial charge in [-0.05, 0) is 62.4 Å². The monoisotopic (exact) mass is 532 g/mol. The molecule has 0 bridgehead atoms. The first-order valence-electron chi connectivity index (χ1n) is 12.1. The van der Waals surface area contributed by atoms with Crippen LogP contribution in [0.5, 0.6) is 5.75 Å². The fourth-order valence-electron chi connectivity index (χ4n) is 6.27. The highest BCUT2D eigenvalue weighted by molar-refractivity contribution is 6.24. The molecule has 0 radical (unpaired) electrons. The van der Waals surface area contributed by atoms with Crippen LogP contribution >= 0.6 is 11.6 Å². The number of phenols is 1. The van der Waals surface area contributed by atoms with Crippen LogP contribution in [0, 0.1) is 11.8 Å². The number of nitrogens with zero attached hydrogens (tertiary/aromatic N) is 1. The van der Waals surface area contributed by atoms with Gasteiger partial charge in [0, 0.05) is 17.1 Å². The number of nitrogens with two attached hydrogens (primary N) is 1. The molecule has 5 atom stereocenters. The number of aliphatic hydroxyl groups excluding tert-OH is 2. The van der Waals surface area contributed by atoms with Crippen LogP contribution in [0.25, 0.3) is 5.76 Å². The molecule has 1 aromatic rings. The lowest BCUT2D eigenvalue weighted by atomic mass is 9.57. The van der Waals surface area contributed by atoms with Crippen LogP contribution in [0.2, 0.25) is 0 Å². The van der Waals surface area contributed by atoms with E-state index >= 15 is 0 Å². The van der Waals surface area contributed by atoms with Crippen molar-refractivity contribution in [3.05, 3.63) is 45.2 Å². The van der Waals surface area contributed by atoms with E-state index < -0.39 is 68.8 Å². The Kier molecular flexibility index (Phi) is 6.30. The van der Waals surface area contributed by atoms with Gasteiger partial charge in [-0.3, -0.25) is 19.3 Å². The van der Waals surface area contributed by atoms with Crippen molar-refractivity contribution in [2.75, 3.05) is 14.1 Å². The largest absolute Gasteiger partial charge is 0.508 e. The first kappa shape index (κ1) is 27.2. The lowest BCUT2D eigenvalue weighted by Gasteiger charge is -2.50. The number of likely N-dealkylation sites (N-methyl/N-ethyl adjacent to an activating group) is 1. The second-order valence-electron chi connectivity index (χ2n) is 11.5. The summed E-state index contributed by atoms with van der Waals surface area (Å²) in [6.45, 7) is 7.44. The molecular formula is C27H33ClN2O7. The van der Waals surface area contributed by atoms with E-state index in [4.69, 9.17) is 17.3 Å². The molecule has 1 saturated carbocycles. The van der Waals surface area contributed by atoms with Crippen LogP contribution in [0.3, 0.4) is 0 Å². The minimum absolute atomic E-state index is 0.0314. The Hall–Kier alpha value is -2.88. The standard InChI is InChI=1S/C27H33ClN2O7/c1-10(28)12-9-15(26(2,3)4)20(31)17-13(12)7-11-8-14-19(30(5)6)22(33)18(25(29)36)24(35)27(14,37)23(34)16(11)21(17)32/h9-11,14,19,31-32,35,37H,7-8H2,1-6H3,(H2,29,36)/t10?,11-,14-,19-,27-/m0/s1. The van der Waals surface area contributed by atoms with E-state index in [1.165, 1.54) is 4.90 Å². The Morgan fingerprint density at radius 3 is 2.30 bits per heavy atom. The van der Waals surface area contributed by atoms with Crippen molar-refractivity contribution in [2.24, 2.45) is 17.6 Å². The Morgan fingerprint density at radius 2 is 1.81 bits per heavy atom. The number of rotatable bonds is 3. The summed E-state index contributed by atoms with van der Waals surface area (Å²) in [5.74, 6) is -6.66. The van der Waals surface area contributed by atoms with Crippen LogP contribution in [-0.2, 0) is 26.2 Å². The van der Waals surface area contributed by atoms with Crippen molar-refractivity contribution < 1.29 is 34.8 Å². The van der Waals surface area contributed by atoms with Gasteiger partial charge < -0.3 is 26.2 Å². The quantitative estimate of drug-likeness (QED) is 0.293. The second-order valence-corrected chi connectivity index (χ2v) is 12.2. The molecule has 4 rings (SSSR count). The number of Topliss-reactive ketones (excluding diaryl/α,β-unsaturated/α-hetero) is 2. The molecule has 0 aromatic heterocycles. The Bertz CT molecular complexity index is 1300. The highest BCUT2D eigenvalue weighted by atomic mass is 35.5. The van der Waals surface area contributed by atoms with Gasteiger partial charge in [0.1, 0.15) is 22.8 Å². The number of alkyl halides is 1. The summed E-state index contributed by atoms with van der Waals surface area (Å²) in [7, 11) is 3.12. The minimum Gasteiger partial charge on any atom is -0.508 e. The number of aliphatic hydroxyl groups is 3. The number of primary amides is 1. The summed E-state index contributed by atoms with van der Waals surface area (Å²) >= 11 is 6.53. The van der Waals surface area contributed by atoms with Crippen molar-refractivity contribution in [1.29, 1.82) is 0 Å². The van der Waals surface area contributed by atoms with E-state index in [2.05, 4.69) is 0 Å². The molecule has 200 valence electrons. The fourth-order valence-corrected chi connectivity index (χ4v) is 6.46. The summed E-state index contributed by atoms with van der Waals surface area (Å²) < 4.78 is 0. The van der Waals surface area contributed by atoms with Crippen molar-refractivity contribution >= 4 is 34.8 Å². The van der Waals surface area contributed by atoms with E-state index in [1.807, 2.05) is 26.8 Å². The number of phenolic OH excluding ortho intramolecular Hbond substituents is 1. The molecule has 37 heavy (non-hydrogen) atoms. The topological polar surface area (TPSA) is 161 Å². The van der Waals surface area contributed by atoms with E-state index in [9.17, 15) is 34.8 Å². The molecule has 6 N–H and O–H groups in total. The van der Waals surface area contributed by atoms with Crippen LogP contribution in [0.1, 0.15) is 61.7 Å². The number of hydrogen-bond acceptors (Lipinski definition) is 8. The number of ketones is 2. The number of carbonyl (C=O) groups is 3. The maximum Gasteiger partial charge on any atom is 0.255 e. The smallest absolute Gasteiger partial charge is 0.255 e. The van der Waals surface area contributed by atoms with Gasteiger partial charge >= 0.3 is 0 Å². The Morgan fingerprint density at radius 1 is 1.22 bits per heavy atom. The fraction of sp³-hybridized carbons (Fsp3) is 0.519. The molecule has 1 unspecified atom stereocenters. The van der Waals surface area contributed by atoms with Gasteiger partial charge in [0.25, 0.3) is 5.91 Å². The molecule has 3 aliphatic rings. The van der Waals surface area contributed by atoms with Crippen LogP contribution in [-0.4, -0.2) is 68.5 Å². The summed E-state index contributed by atoms with van der Waals surface area (Å²) in [4.78, 5) is 40.7. The van der Waals surface area contributed by atoms with E-state index in [0.29, 0.717) is 16.7 Å². The molecular weight excluding hydrogens is 500 g/mol. The summed E-state index contributed by atoms with van der Waals surface area (Å²) in [6.07, 6.45) is 0.239. The van der Waals surface area contributed by atoms with Gasteiger partial charge in [0.05, 0.1) is 17.0 Å². The molecule has 0 spiro atoms. The van der Waals surface area contributed by atoms with Crippen molar-refractivity contribution in [1.82, 2.24) is 4.90 Å². The Labute approximate surface area is 220 Å². The number of halogens is 1. The van der Waals surface area contributed by atoms with Gasteiger partial charge in [-0.15, -0.1) is 11.6 Å². The van der Waals surface area contributed by atoms with E-state index in [-0.39, 0.29) is 29.7 Å². The molecule has 10 heteroatoms. The summed E-state index contributed by atoms with van der Waals surface area (Å²) in [6, 6.07) is 0.687. The van der Waals surface area contributed by atoms with Gasteiger partial charge in [0.15, 0.2) is 11.4 Å². The SMILES string of the molecule is CC(Cl)c1cc(C(C)(C)C)c(O)c2c1C[C@H]1C[C@H]3[C@H](N(C)C)C(=O)C(C(N)=O)=C(O)[C@@]3(O)C(=O)C1=C2O. The van der Waals surface area contributed by atoms with Gasteiger partial charge in [-0.25, -0.2) is 0 Å². The van der Waals surface area contributed by atoms with Gasteiger partial charge in [-0.1, -0.05) is 20.8 Å². The highest BCUT2D eigenvalue weighted by Crippen LogP contribution is 2.54. The van der Waals surface area contributed by atoms with Gasteiger partial charge in [0.2, 0.25) is 5.78 Å². The second kappa shape index (κ2) is 8.58. The lowest BCUT2D eigenvalue weighted by Crippen LogP contribution is -2.65. The molecule has 1 amide bonds. The summed E-state index contributed by atoms with van der Waals surface area (Å²) in [5, 5.41) is 44.9. The number of fused-ring (bicyclic) bond motifs is 3. The van der Waals surface area contributed by atoms with Crippen LogP contribution < -0.4 is 5.73 Å². The zero-order chi connectivity index (χ0) is 27.9. The van der Waals surface area contributed by atoms with Crippen molar-refractivity contribution in [2.45, 2.75) is 63.0 Å². The van der Waals surface area contributed by atoms with Gasteiger partial charge in [-0.2, -0.15) is 0 Å². The number of benzene rings is 1. The maximum absolute atomic E-state index is 13.9. The number of amides is 1. The zero-order valence-corrected chi connectivity index (χ0v) is 22.5. The molecule has 1 fully saturated rings. The third-order valence-corrected chi connectivity index (χ3v) is 8.23. The van der Waals surface area contributed by atoms with Crippen LogP contribution in [0.15, 0.2) is 23.0 Å². The predicted molar refractivity (Wildman–Crippen MR) is 137 cm³/mol. The highest BCUT2D eigenvalue weighted by Gasteiger charge is 2.64. The molecule has 9 nitrogen and oxygen atoms in total. The number of carbonyl (C=O) groups excluding carboxylic acids is 3. The maximum atomic E-state index is 13.9. The van der Waals surface area contributed by atoms with E-state index in [0.717, 1.165) is 0 Å². The third kappa shape index (κ3) is 3.70. The average Bonchev–Trinajstić information content (AvgIpc) is 2.74. The third-order valence-electron chi connectivity index (χ3n) is 7.99. The molecule has 0 aliphatic heterocycles. The molecule has 3 aliphatic carbocycles. The molecule has 0 heterocycles.